The summed E-state index contributed by atoms with van der Waals surface area (Å²) in [6, 6.07) is 9.95. The number of nitrogens with two attached hydrogens (primary N) is 2. The number of anilines is 1. The summed E-state index contributed by atoms with van der Waals surface area (Å²) >= 11 is 2.89. The summed E-state index contributed by atoms with van der Waals surface area (Å²) in [6.07, 6.45) is 0. The lowest BCUT2D eigenvalue weighted by atomic mass is 10.3. The van der Waals surface area contributed by atoms with E-state index >= 15 is 0 Å². The lowest BCUT2D eigenvalue weighted by Gasteiger charge is -2.18. The van der Waals surface area contributed by atoms with Gasteiger partial charge in [-0.2, -0.15) is 4.02 Å². The first kappa shape index (κ1) is 9.97. The molecule has 0 heterocycles. The molecule has 5 nitrogen and oxygen atoms in total. The zero-order valence-electron chi connectivity index (χ0n) is 6.74. The van der Waals surface area contributed by atoms with E-state index in [0.717, 1.165) is 5.69 Å². The molecule has 1 aromatic carbocycles. The van der Waals surface area contributed by atoms with Crippen molar-refractivity contribution in [1.29, 1.82) is 0 Å². The van der Waals surface area contributed by atoms with E-state index in [-0.39, 0.29) is 0 Å². The molecule has 0 fully saturated rings. The molecule has 5 N–H and O–H groups in total. The number of nitrogens with one attached hydrogen (secondary N) is 1. The topological polar surface area (TPSA) is 79.7 Å². The number of guanidine groups is 1. The standard InChI is InChI=1S/C7H9BrN5/c8-11-7(12-9)13(10)6-4-2-1-3-5-6/h2-5H,9-10H2,(H,11,12). The number of nitrogens with zero attached hydrogens (tertiary/aromatic N) is 2. The minimum Gasteiger partial charge on any atom is -0.292 e. The van der Waals surface area contributed by atoms with E-state index in [1.165, 1.54) is 5.01 Å². The van der Waals surface area contributed by atoms with E-state index in [0.29, 0.717) is 5.96 Å². The minimum absolute atomic E-state index is 0.311. The average molecular weight is 243 g/mol. The van der Waals surface area contributed by atoms with Crippen molar-refractivity contribution in [3.8, 4) is 0 Å². The van der Waals surface area contributed by atoms with Crippen molar-refractivity contribution < 1.29 is 0 Å². The lowest BCUT2D eigenvalue weighted by molar-refractivity contribution is 0.958. The highest BCUT2D eigenvalue weighted by molar-refractivity contribution is 9.08. The van der Waals surface area contributed by atoms with Crippen LogP contribution in [0, 0.1) is 6.07 Å². The molecular weight excluding hydrogens is 234 g/mol. The van der Waals surface area contributed by atoms with Crippen LogP contribution < -0.4 is 22.1 Å². The first-order valence-corrected chi connectivity index (χ1v) is 4.17. The van der Waals surface area contributed by atoms with E-state index in [4.69, 9.17) is 11.7 Å². The number of halogens is 1. The zero-order chi connectivity index (χ0) is 9.68. The van der Waals surface area contributed by atoms with Crippen LogP contribution in [0.3, 0.4) is 0 Å². The van der Waals surface area contributed by atoms with Crippen LogP contribution in [-0.2, 0) is 0 Å². The van der Waals surface area contributed by atoms with Crippen molar-refractivity contribution >= 4 is 27.8 Å². The Balaban J connectivity index is 2.85. The fraction of sp³-hybridized carbons (Fsp3) is 0. The Morgan fingerprint density at radius 1 is 1.54 bits per heavy atom. The van der Waals surface area contributed by atoms with Gasteiger partial charge in [0.15, 0.2) is 0 Å². The van der Waals surface area contributed by atoms with Gasteiger partial charge in [-0.05, 0) is 18.2 Å². The van der Waals surface area contributed by atoms with Crippen molar-refractivity contribution in [3.05, 3.63) is 30.3 Å². The Hall–Kier alpha value is -1.11. The van der Waals surface area contributed by atoms with Crippen LogP contribution >= 0.6 is 16.1 Å². The Morgan fingerprint density at radius 2 is 2.15 bits per heavy atom. The van der Waals surface area contributed by atoms with Crippen LogP contribution in [-0.4, -0.2) is 5.96 Å². The maximum absolute atomic E-state index is 5.68. The van der Waals surface area contributed by atoms with Gasteiger partial charge in [-0.25, -0.2) is 16.7 Å². The number of rotatable bonds is 1. The van der Waals surface area contributed by atoms with Crippen molar-refractivity contribution in [2.24, 2.45) is 15.7 Å². The molecule has 6 heteroatoms. The molecule has 0 spiro atoms. The summed E-state index contributed by atoms with van der Waals surface area (Å²) < 4.78 is 3.67. The van der Waals surface area contributed by atoms with E-state index in [2.05, 4.69) is 31.7 Å². The molecule has 13 heavy (non-hydrogen) atoms. The van der Waals surface area contributed by atoms with E-state index in [9.17, 15) is 0 Å². The minimum atomic E-state index is 0.311. The number of hydrogen-bond donors (Lipinski definition) is 3. The van der Waals surface area contributed by atoms with Crippen LogP contribution in [0.15, 0.2) is 28.3 Å². The van der Waals surface area contributed by atoms with Crippen LogP contribution in [0.4, 0.5) is 5.69 Å². The smallest absolute Gasteiger partial charge is 0.239 e. The van der Waals surface area contributed by atoms with E-state index in [1.807, 2.05) is 0 Å². The quantitative estimate of drug-likeness (QED) is 0.287. The van der Waals surface area contributed by atoms with Gasteiger partial charge in [0.25, 0.3) is 0 Å². The molecule has 0 unspecified atom stereocenters. The van der Waals surface area contributed by atoms with Crippen LogP contribution in [0.2, 0.25) is 0 Å². The highest BCUT2D eigenvalue weighted by atomic mass is 79.9. The second-order valence-electron chi connectivity index (χ2n) is 2.18. The van der Waals surface area contributed by atoms with Gasteiger partial charge in [-0.1, -0.05) is 12.1 Å². The third-order valence-corrected chi connectivity index (χ3v) is 1.75. The molecule has 0 aliphatic heterocycles. The van der Waals surface area contributed by atoms with E-state index in [1.54, 1.807) is 24.3 Å². The summed E-state index contributed by atoms with van der Waals surface area (Å²) in [7, 11) is 0. The Morgan fingerprint density at radius 3 is 2.62 bits per heavy atom. The van der Waals surface area contributed by atoms with Crippen molar-refractivity contribution in [3.63, 3.8) is 0 Å². The SMILES string of the molecule is NNC(=NBr)N(N)c1cc[c]cc1. The van der Waals surface area contributed by atoms with Gasteiger partial charge in [0.2, 0.25) is 5.96 Å². The van der Waals surface area contributed by atoms with Gasteiger partial charge in [0.1, 0.15) is 0 Å². The summed E-state index contributed by atoms with van der Waals surface area (Å²) in [5, 5.41) is 1.31. The first-order chi connectivity index (χ1) is 6.29. The normalized spacial score (nSPS) is 11.2. The molecule has 0 saturated heterocycles. The predicted molar refractivity (Wildman–Crippen MR) is 55.6 cm³/mol. The third kappa shape index (κ3) is 2.41. The highest BCUT2D eigenvalue weighted by Gasteiger charge is 2.06. The molecule has 0 bridgehead atoms. The maximum Gasteiger partial charge on any atom is 0.239 e. The van der Waals surface area contributed by atoms with Gasteiger partial charge in [0.05, 0.1) is 21.8 Å². The molecule has 0 aliphatic rings. The predicted octanol–water partition coefficient (Wildman–Crippen LogP) is 0.296. The first-order valence-electron chi connectivity index (χ1n) is 3.46. The number of hydrogen-bond acceptors (Lipinski definition) is 3. The monoisotopic (exact) mass is 242 g/mol. The van der Waals surface area contributed by atoms with Gasteiger partial charge < -0.3 is 0 Å². The molecule has 0 saturated carbocycles. The Bertz CT molecular complexity index is 286. The lowest BCUT2D eigenvalue weighted by Crippen LogP contribution is -2.48. The average Bonchev–Trinajstić information content (AvgIpc) is 2.21. The maximum atomic E-state index is 5.68. The fourth-order valence-electron chi connectivity index (χ4n) is 0.796. The number of benzene rings is 1. The van der Waals surface area contributed by atoms with Gasteiger partial charge in [0, 0.05) is 0 Å². The van der Waals surface area contributed by atoms with Gasteiger partial charge in [-0.3, -0.25) is 5.43 Å². The van der Waals surface area contributed by atoms with Gasteiger partial charge in [-0.15, -0.1) is 0 Å². The summed E-state index contributed by atoms with van der Waals surface area (Å²) in [4.78, 5) is 0. The molecule has 69 valence electrons. The Kier molecular flexibility index (Phi) is 3.69. The van der Waals surface area contributed by atoms with Gasteiger partial charge >= 0.3 is 0 Å². The zero-order valence-corrected chi connectivity index (χ0v) is 8.32. The molecule has 0 aromatic heterocycles. The Labute approximate surface area is 84.7 Å². The summed E-state index contributed by atoms with van der Waals surface area (Å²) in [6.45, 7) is 0. The molecule has 0 amide bonds. The van der Waals surface area contributed by atoms with E-state index < -0.39 is 0 Å². The summed E-state index contributed by atoms with van der Waals surface area (Å²) in [5.74, 6) is 11.2. The molecule has 0 aliphatic carbocycles. The molecule has 1 radical (unpaired) electrons. The molecule has 1 aromatic rings. The fourth-order valence-corrected chi connectivity index (χ4v) is 1.07. The van der Waals surface area contributed by atoms with Crippen molar-refractivity contribution in [2.75, 3.05) is 5.01 Å². The summed E-state index contributed by atoms with van der Waals surface area (Å²) in [5.41, 5.74) is 3.10. The molecular formula is C7H9BrN5. The van der Waals surface area contributed by atoms with Crippen molar-refractivity contribution in [1.82, 2.24) is 5.43 Å². The largest absolute Gasteiger partial charge is 0.292 e. The van der Waals surface area contributed by atoms with Crippen LogP contribution in [0.1, 0.15) is 0 Å². The second-order valence-corrected chi connectivity index (χ2v) is 2.54. The highest BCUT2D eigenvalue weighted by Crippen LogP contribution is 2.08. The van der Waals surface area contributed by atoms with Crippen molar-refractivity contribution in [2.45, 2.75) is 0 Å². The van der Waals surface area contributed by atoms with Crippen LogP contribution in [0.5, 0.6) is 0 Å². The second kappa shape index (κ2) is 4.80. The van der Waals surface area contributed by atoms with Crippen LogP contribution in [0.25, 0.3) is 0 Å². The third-order valence-electron chi connectivity index (χ3n) is 1.42. The molecule has 1 rings (SSSR count). The number of hydrazine groups is 2. The molecule has 0 atom stereocenters.